The van der Waals surface area contributed by atoms with Crippen molar-refractivity contribution in [1.29, 1.82) is 0 Å². The quantitative estimate of drug-likeness (QED) is 0.889. The van der Waals surface area contributed by atoms with E-state index in [1.807, 2.05) is 0 Å². The summed E-state index contributed by atoms with van der Waals surface area (Å²) in [5.41, 5.74) is 12.3. The number of nitrogens with zero attached hydrogens (tertiary/aromatic N) is 1. The van der Waals surface area contributed by atoms with Gasteiger partial charge < -0.3 is 4.74 Å². The summed E-state index contributed by atoms with van der Waals surface area (Å²) in [4.78, 5) is 0. The van der Waals surface area contributed by atoms with E-state index in [9.17, 15) is 0 Å². The van der Waals surface area contributed by atoms with E-state index < -0.39 is 0 Å². The summed E-state index contributed by atoms with van der Waals surface area (Å²) in [7, 11) is 0. The van der Waals surface area contributed by atoms with Gasteiger partial charge in [-0.05, 0) is 28.7 Å². The Kier molecular flexibility index (Phi) is 4.86. The second-order valence-corrected chi connectivity index (χ2v) is 6.86. The number of likely N-dealkylation sites (N-methyl/N-ethyl adjacent to an activating group) is 1. The number of fused-ring (bicyclic) bond motifs is 5. The fourth-order valence-corrected chi connectivity index (χ4v) is 4.17. The molecule has 0 aromatic heterocycles. The zero-order valence-electron chi connectivity index (χ0n) is 15.0. The third kappa shape index (κ3) is 3.00. The molecule has 4 nitrogen and oxygen atoms in total. The second-order valence-electron chi connectivity index (χ2n) is 6.86. The molecule has 25 heavy (non-hydrogen) atoms. The lowest BCUT2D eigenvalue weighted by molar-refractivity contribution is 0.0509. The Balaban J connectivity index is 1.85. The van der Waals surface area contributed by atoms with Gasteiger partial charge >= 0.3 is 0 Å². The number of rotatable bonds is 4. The van der Waals surface area contributed by atoms with Crippen LogP contribution in [0.25, 0.3) is 0 Å². The van der Waals surface area contributed by atoms with Crippen LogP contribution in [-0.4, -0.2) is 18.2 Å². The predicted molar refractivity (Wildman–Crippen MR) is 99.7 cm³/mol. The van der Waals surface area contributed by atoms with E-state index >= 15 is 0 Å². The first-order valence-electron chi connectivity index (χ1n) is 9.39. The predicted octanol–water partition coefficient (Wildman–Crippen LogP) is 3.84. The summed E-state index contributed by atoms with van der Waals surface area (Å²) < 4.78 is 6.29. The Labute approximate surface area is 150 Å². The summed E-state index contributed by atoms with van der Waals surface area (Å²) in [6, 6.07) is 18.1. The van der Waals surface area contributed by atoms with Gasteiger partial charge in [-0.3, -0.25) is 0 Å². The molecule has 0 spiro atoms. The average Bonchev–Trinajstić information content (AvgIpc) is 3.07. The number of benzene rings is 2. The topological polar surface area (TPSA) is 36.5 Å². The zero-order valence-corrected chi connectivity index (χ0v) is 15.0. The van der Waals surface area contributed by atoms with E-state index in [2.05, 4.69) is 78.3 Å². The molecule has 1 fully saturated rings. The van der Waals surface area contributed by atoms with E-state index in [0.717, 1.165) is 26.0 Å². The first-order chi connectivity index (χ1) is 12.3. The van der Waals surface area contributed by atoms with E-state index in [1.54, 1.807) is 0 Å². The van der Waals surface area contributed by atoms with Gasteiger partial charge in [-0.25, -0.2) is 10.4 Å². The molecule has 4 heteroatoms. The summed E-state index contributed by atoms with van der Waals surface area (Å²) >= 11 is 0. The summed E-state index contributed by atoms with van der Waals surface area (Å²) in [5, 5.41) is 2.30. The maximum absolute atomic E-state index is 6.29. The van der Waals surface area contributed by atoms with Crippen LogP contribution in [0.1, 0.15) is 60.7 Å². The van der Waals surface area contributed by atoms with Gasteiger partial charge in [0.25, 0.3) is 0 Å². The Morgan fingerprint density at radius 3 is 2.48 bits per heavy atom. The summed E-state index contributed by atoms with van der Waals surface area (Å²) in [6.07, 6.45) is 2.07. The van der Waals surface area contributed by atoms with Gasteiger partial charge in [0.2, 0.25) is 0 Å². The average molecular weight is 337 g/mol. The highest BCUT2D eigenvalue weighted by Gasteiger charge is 2.40. The normalized spacial score (nSPS) is 25.6. The van der Waals surface area contributed by atoms with Crippen molar-refractivity contribution in [3.8, 4) is 0 Å². The molecule has 2 aliphatic rings. The lowest BCUT2D eigenvalue weighted by Crippen LogP contribution is -2.36. The highest BCUT2D eigenvalue weighted by molar-refractivity contribution is 5.42. The molecule has 3 unspecified atom stereocenters. The van der Waals surface area contributed by atoms with Gasteiger partial charge in [-0.2, -0.15) is 5.53 Å². The summed E-state index contributed by atoms with van der Waals surface area (Å²) in [5.74, 6) is 0. The van der Waals surface area contributed by atoms with Crippen molar-refractivity contribution < 1.29 is 4.74 Å². The van der Waals surface area contributed by atoms with Crippen LogP contribution < -0.4 is 11.0 Å². The molecule has 132 valence electrons. The highest BCUT2D eigenvalue weighted by Crippen LogP contribution is 2.44. The molecule has 1 aliphatic carbocycles. The Morgan fingerprint density at radius 2 is 1.72 bits per heavy atom. The molecule has 1 aliphatic heterocycles. The van der Waals surface area contributed by atoms with Crippen molar-refractivity contribution in [3.63, 3.8) is 0 Å². The Morgan fingerprint density at radius 1 is 1.00 bits per heavy atom. The van der Waals surface area contributed by atoms with Gasteiger partial charge in [0.05, 0.1) is 18.2 Å². The van der Waals surface area contributed by atoms with E-state index in [1.165, 1.54) is 22.3 Å². The minimum absolute atomic E-state index is 0.107. The standard InChI is InChI=1S/C21H27N3O/c1-3-13-25-19-14-15-9-5-6-10-16(15)21-20(22-23-24(21)4-2)18-12-8-7-11-17(18)19/h5-12,19-23H,3-4,13-14H2,1-2H3. The van der Waals surface area contributed by atoms with Crippen LogP contribution in [0.15, 0.2) is 48.5 Å². The van der Waals surface area contributed by atoms with Gasteiger partial charge in [0.15, 0.2) is 0 Å². The summed E-state index contributed by atoms with van der Waals surface area (Å²) in [6.45, 7) is 6.10. The molecule has 0 radical (unpaired) electrons. The highest BCUT2D eigenvalue weighted by atomic mass is 16.5. The van der Waals surface area contributed by atoms with Crippen LogP contribution in [-0.2, 0) is 11.2 Å². The number of hydrogen-bond donors (Lipinski definition) is 2. The number of ether oxygens (including phenoxy) is 1. The second kappa shape index (κ2) is 7.26. The van der Waals surface area contributed by atoms with Gasteiger partial charge in [-0.1, -0.05) is 62.4 Å². The molecular weight excluding hydrogens is 310 g/mol. The first kappa shape index (κ1) is 16.7. The van der Waals surface area contributed by atoms with Gasteiger partial charge in [-0.15, -0.1) is 0 Å². The maximum atomic E-state index is 6.29. The van der Waals surface area contributed by atoms with Crippen molar-refractivity contribution in [2.24, 2.45) is 0 Å². The molecule has 0 bridgehead atoms. The minimum atomic E-state index is 0.107. The monoisotopic (exact) mass is 337 g/mol. The SMILES string of the molecule is CCCOC1Cc2ccccc2C2C(NNN2CC)c2ccccc21. The van der Waals surface area contributed by atoms with Crippen LogP contribution in [0, 0.1) is 0 Å². The molecule has 2 N–H and O–H groups in total. The molecule has 3 atom stereocenters. The fourth-order valence-electron chi connectivity index (χ4n) is 4.17. The number of nitrogens with one attached hydrogen (secondary N) is 2. The first-order valence-corrected chi connectivity index (χ1v) is 9.39. The lowest BCUT2D eigenvalue weighted by Gasteiger charge is -2.33. The van der Waals surface area contributed by atoms with E-state index in [4.69, 9.17) is 4.74 Å². The molecule has 1 saturated heterocycles. The molecule has 2 aromatic rings. The molecule has 4 rings (SSSR count). The van der Waals surface area contributed by atoms with Gasteiger partial charge in [0.1, 0.15) is 0 Å². The molecule has 2 aromatic carbocycles. The fraction of sp³-hybridized carbons (Fsp3) is 0.429. The minimum Gasteiger partial charge on any atom is -0.373 e. The maximum Gasteiger partial charge on any atom is 0.0868 e. The number of hydrazine groups is 2. The molecular formula is C21H27N3O. The van der Waals surface area contributed by atoms with Crippen molar-refractivity contribution in [2.75, 3.05) is 13.2 Å². The van der Waals surface area contributed by atoms with Crippen molar-refractivity contribution in [1.82, 2.24) is 16.0 Å². The largest absolute Gasteiger partial charge is 0.373 e. The zero-order chi connectivity index (χ0) is 17.2. The van der Waals surface area contributed by atoms with Crippen molar-refractivity contribution >= 4 is 0 Å². The van der Waals surface area contributed by atoms with Crippen LogP contribution in [0.3, 0.4) is 0 Å². The Hall–Kier alpha value is -1.72. The Bertz CT molecular complexity index is 733. The third-order valence-corrected chi connectivity index (χ3v) is 5.34. The van der Waals surface area contributed by atoms with Crippen molar-refractivity contribution in [3.05, 3.63) is 70.8 Å². The smallest absolute Gasteiger partial charge is 0.0868 e. The molecule has 1 heterocycles. The van der Waals surface area contributed by atoms with Gasteiger partial charge in [0, 0.05) is 19.6 Å². The lowest BCUT2D eigenvalue weighted by atomic mass is 9.82. The molecule has 0 saturated carbocycles. The third-order valence-electron chi connectivity index (χ3n) is 5.34. The van der Waals surface area contributed by atoms with Crippen LogP contribution in [0.4, 0.5) is 0 Å². The van der Waals surface area contributed by atoms with E-state index in [-0.39, 0.29) is 18.2 Å². The number of hydrogen-bond acceptors (Lipinski definition) is 4. The van der Waals surface area contributed by atoms with Crippen molar-refractivity contribution in [2.45, 2.75) is 44.9 Å². The van der Waals surface area contributed by atoms with Crippen LogP contribution in [0.2, 0.25) is 0 Å². The molecule has 0 amide bonds. The van der Waals surface area contributed by atoms with E-state index in [0.29, 0.717) is 0 Å². The van der Waals surface area contributed by atoms with Crippen LogP contribution >= 0.6 is 0 Å². The van der Waals surface area contributed by atoms with Crippen LogP contribution in [0.5, 0.6) is 0 Å².